The molecule has 2 N–H and O–H groups in total. The number of aromatic nitrogens is 3. The van der Waals surface area contributed by atoms with Crippen LogP contribution < -0.4 is 5.32 Å². The molecule has 0 radical (unpaired) electrons. The molecule has 1 heterocycles. The lowest BCUT2D eigenvalue weighted by Crippen LogP contribution is -2.55. The second kappa shape index (κ2) is 7.05. The number of hydrogen-bond donors (Lipinski definition) is 2. The highest BCUT2D eigenvalue weighted by atomic mass is 35.5. The van der Waals surface area contributed by atoms with Crippen molar-refractivity contribution in [3.8, 4) is 5.69 Å². The summed E-state index contributed by atoms with van der Waals surface area (Å²) in [5, 5.41) is 16.6. The van der Waals surface area contributed by atoms with Crippen LogP contribution >= 0.6 is 11.6 Å². The molecule has 26 heavy (non-hydrogen) atoms. The summed E-state index contributed by atoms with van der Waals surface area (Å²) in [5.41, 5.74) is -0.956. The lowest BCUT2D eigenvalue weighted by atomic mass is 10.0. The normalized spacial score (nSPS) is 16.1. The Hall–Kier alpha value is -2.45. The van der Waals surface area contributed by atoms with Crippen molar-refractivity contribution in [1.82, 2.24) is 20.1 Å². The van der Waals surface area contributed by atoms with E-state index >= 15 is 0 Å². The standard InChI is InChI=1S/C17H19ClN4O4/c1-17(9-26-2,16(24)25)20-15(23)13-19-14(10-7-8-10)22(21-13)12-6-4-3-5-11(12)18/h3-6,10H,7-9H2,1-2H3,(H,20,23)(H,24,25). The maximum Gasteiger partial charge on any atom is 0.331 e. The first-order valence-electron chi connectivity index (χ1n) is 8.12. The van der Waals surface area contributed by atoms with Crippen LogP contribution in [0.4, 0.5) is 0 Å². The summed E-state index contributed by atoms with van der Waals surface area (Å²) in [4.78, 5) is 28.4. The number of carbonyl (C=O) groups excluding carboxylic acids is 1. The minimum Gasteiger partial charge on any atom is -0.479 e. The number of nitrogens with zero attached hydrogens (tertiary/aromatic N) is 3. The van der Waals surface area contributed by atoms with E-state index < -0.39 is 17.4 Å². The number of carboxylic acids is 1. The van der Waals surface area contributed by atoms with Gasteiger partial charge in [0.05, 0.1) is 17.3 Å². The number of nitrogens with one attached hydrogen (secondary N) is 1. The average molecular weight is 379 g/mol. The Kier molecular flexibility index (Phi) is 4.97. The Balaban J connectivity index is 1.94. The molecule has 0 spiro atoms. The van der Waals surface area contributed by atoms with Gasteiger partial charge in [-0.15, -0.1) is 5.10 Å². The summed E-state index contributed by atoms with van der Waals surface area (Å²) >= 11 is 6.25. The highest BCUT2D eigenvalue weighted by Crippen LogP contribution is 2.40. The minimum atomic E-state index is -1.58. The van der Waals surface area contributed by atoms with Gasteiger partial charge in [-0.1, -0.05) is 23.7 Å². The Morgan fingerprint density at radius 1 is 1.42 bits per heavy atom. The molecule has 1 aromatic heterocycles. The van der Waals surface area contributed by atoms with Crippen LogP contribution in [0.25, 0.3) is 5.69 Å². The molecule has 1 fully saturated rings. The lowest BCUT2D eigenvalue weighted by molar-refractivity contribution is -0.145. The number of carboxylic acid groups (broad SMARTS) is 1. The second-order valence-corrected chi connectivity index (χ2v) is 6.86. The molecule has 1 aliphatic rings. The third kappa shape index (κ3) is 3.56. The van der Waals surface area contributed by atoms with Crippen LogP contribution in [-0.2, 0) is 9.53 Å². The van der Waals surface area contributed by atoms with Crippen LogP contribution in [0.5, 0.6) is 0 Å². The molecule has 1 aliphatic carbocycles. The number of rotatable bonds is 7. The number of methoxy groups -OCH3 is 1. The zero-order chi connectivity index (χ0) is 18.9. The Labute approximate surface area is 155 Å². The Morgan fingerprint density at radius 3 is 2.69 bits per heavy atom. The van der Waals surface area contributed by atoms with Gasteiger partial charge >= 0.3 is 5.97 Å². The molecule has 1 atom stereocenters. The van der Waals surface area contributed by atoms with Gasteiger partial charge in [0.1, 0.15) is 5.82 Å². The van der Waals surface area contributed by atoms with Gasteiger partial charge in [0.15, 0.2) is 5.54 Å². The third-order valence-electron chi connectivity index (χ3n) is 4.15. The molecular weight excluding hydrogens is 360 g/mol. The monoisotopic (exact) mass is 378 g/mol. The van der Waals surface area contributed by atoms with E-state index in [1.54, 1.807) is 22.9 Å². The molecule has 8 nitrogen and oxygen atoms in total. The van der Waals surface area contributed by atoms with Crippen LogP contribution in [-0.4, -0.2) is 51.0 Å². The molecule has 0 aliphatic heterocycles. The maximum atomic E-state index is 12.6. The molecule has 1 amide bonds. The van der Waals surface area contributed by atoms with Gasteiger partial charge in [-0.05, 0) is 31.9 Å². The van der Waals surface area contributed by atoms with Gasteiger partial charge in [-0.3, -0.25) is 4.79 Å². The zero-order valence-corrected chi connectivity index (χ0v) is 15.2. The molecule has 0 saturated heterocycles. The number of hydrogen-bond acceptors (Lipinski definition) is 5. The summed E-state index contributed by atoms with van der Waals surface area (Å²) in [6, 6.07) is 7.14. The predicted octanol–water partition coefficient (Wildman–Crippen LogP) is 2.02. The van der Waals surface area contributed by atoms with Gasteiger partial charge in [0.2, 0.25) is 5.82 Å². The fourth-order valence-electron chi connectivity index (χ4n) is 2.57. The van der Waals surface area contributed by atoms with Crippen LogP contribution in [0.2, 0.25) is 5.02 Å². The van der Waals surface area contributed by atoms with Crippen molar-refractivity contribution >= 4 is 23.5 Å². The smallest absolute Gasteiger partial charge is 0.331 e. The molecule has 3 rings (SSSR count). The van der Waals surface area contributed by atoms with Crippen LogP contribution in [0.15, 0.2) is 24.3 Å². The van der Waals surface area contributed by atoms with E-state index in [1.165, 1.54) is 14.0 Å². The number of carbonyl (C=O) groups is 2. The van der Waals surface area contributed by atoms with Crippen molar-refractivity contribution < 1.29 is 19.4 Å². The topological polar surface area (TPSA) is 106 Å². The van der Waals surface area contributed by atoms with E-state index in [1.807, 2.05) is 6.07 Å². The lowest BCUT2D eigenvalue weighted by Gasteiger charge is -2.24. The molecule has 2 aromatic rings. The molecule has 0 bridgehead atoms. The summed E-state index contributed by atoms with van der Waals surface area (Å²) < 4.78 is 6.47. The SMILES string of the molecule is COCC(C)(NC(=O)c1nc(C2CC2)n(-c2ccccc2Cl)n1)C(=O)O. The first-order valence-corrected chi connectivity index (χ1v) is 8.50. The van der Waals surface area contributed by atoms with Gasteiger partial charge in [-0.2, -0.15) is 0 Å². The highest BCUT2D eigenvalue weighted by molar-refractivity contribution is 6.32. The number of amides is 1. The van der Waals surface area contributed by atoms with E-state index in [0.717, 1.165) is 12.8 Å². The van der Waals surface area contributed by atoms with Gasteiger partial charge in [0, 0.05) is 13.0 Å². The fraction of sp³-hybridized carbons (Fsp3) is 0.412. The summed E-state index contributed by atoms with van der Waals surface area (Å²) in [6.07, 6.45) is 1.92. The minimum absolute atomic E-state index is 0.101. The average Bonchev–Trinajstić information content (AvgIpc) is 3.34. The number of para-hydroxylation sites is 1. The number of halogens is 1. The van der Waals surface area contributed by atoms with Crippen molar-refractivity contribution in [3.63, 3.8) is 0 Å². The van der Waals surface area contributed by atoms with Crippen LogP contribution in [0.3, 0.4) is 0 Å². The van der Waals surface area contributed by atoms with Crippen molar-refractivity contribution in [2.75, 3.05) is 13.7 Å². The van der Waals surface area contributed by atoms with Gasteiger partial charge < -0.3 is 15.2 Å². The van der Waals surface area contributed by atoms with Gasteiger partial charge in [0.25, 0.3) is 5.91 Å². The Bertz CT molecular complexity index is 849. The first-order chi connectivity index (χ1) is 12.4. The van der Waals surface area contributed by atoms with Crippen molar-refractivity contribution in [2.24, 2.45) is 0 Å². The van der Waals surface area contributed by atoms with Crippen molar-refractivity contribution in [1.29, 1.82) is 0 Å². The third-order valence-corrected chi connectivity index (χ3v) is 4.47. The first kappa shape index (κ1) is 18.3. The largest absolute Gasteiger partial charge is 0.479 e. The quantitative estimate of drug-likeness (QED) is 0.763. The fourth-order valence-corrected chi connectivity index (χ4v) is 2.79. The molecule has 1 saturated carbocycles. The van der Waals surface area contributed by atoms with Crippen LogP contribution in [0, 0.1) is 0 Å². The summed E-state index contributed by atoms with van der Waals surface area (Å²) in [7, 11) is 1.36. The van der Waals surface area contributed by atoms with E-state index in [-0.39, 0.29) is 18.3 Å². The van der Waals surface area contributed by atoms with E-state index in [4.69, 9.17) is 16.3 Å². The molecule has 1 aromatic carbocycles. The molecular formula is C17H19ClN4O4. The summed E-state index contributed by atoms with van der Waals surface area (Å²) in [5.74, 6) is -1.13. The van der Waals surface area contributed by atoms with E-state index in [0.29, 0.717) is 16.5 Å². The van der Waals surface area contributed by atoms with Crippen molar-refractivity contribution in [3.05, 3.63) is 40.9 Å². The summed E-state index contributed by atoms with van der Waals surface area (Å²) in [6.45, 7) is 1.18. The van der Waals surface area contributed by atoms with E-state index in [2.05, 4.69) is 15.4 Å². The number of aliphatic carboxylic acids is 1. The molecule has 138 valence electrons. The van der Waals surface area contributed by atoms with Crippen molar-refractivity contribution in [2.45, 2.75) is 31.2 Å². The number of benzene rings is 1. The van der Waals surface area contributed by atoms with E-state index in [9.17, 15) is 14.7 Å². The molecule has 1 unspecified atom stereocenters. The Morgan fingerprint density at radius 2 is 2.12 bits per heavy atom. The number of ether oxygens (including phenoxy) is 1. The molecule has 9 heteroatoms. The van der Waals surface area contributed by atoms with Gasteiger partial charge in [-0.25, -0.2) is 14.5 Å². The van der Waals surface area contributed by atoms with Crippen LogP contribution in [0.1, 0.15) is 42.1 Å². The zero-order valence-electron chi connectivity index (χ0n) is 14.4. The maximum absolute atomic E-state index is 12.6. The second-order valence-electron chi connectivity index (χ2n) is 6.46. The highest BCUT2D eigenvalue weighted by Gasteiger charge is 2.37. The predicted molar refractivity (Wildman–Crippen MR) is 93.7 cm³/mol.